The van der Waals surface area contributed by atoms with Crippen molar-refractivity contribution in [2.24, 2.45) is 0 Å². The van der Waals surface area contributed by atoms with Gasteiger partial charge in [0.2, 0.25) is 0 Å². The minimum absolute atomic E-state index is 0.245. The monoisotopic (exact) mass is 294 g/mol. The number of hydrogen-bond acceptors (Lipinski definition) is 5. The lowest BCUT2D eigenvalue weighted by molar-refractivity contribution is -0.169. The lowest BCUT2D eigenvalue weighted by Crippen LogP contribution is -2.65. The number of furan rings is 1. The van der Waals surface area contributed by atoms with Gasteiger partial charge in [0, 0.05) is 6.42 Å². The first-order chi connectivity index (χ1) is 10.0. The molecule has 1 spiro atoms. The van der Waals surface area contributed by atoms with Crippen molar-refractivity contribution in [3.8, 4) is 0 Å². The molecule has 0 bridgehead atoms. The van der Waals surface area contributed by atoms with Crippen LogP contribution in [0.3, 0.4) is 0 Å². The Hall–Kier alpha value is -1.37. The van der Waals surface area contributed by atoms with Crippen LogP contribution in [0.2, 0.25) is 0 Å². The quantitative estimate of drug-likeness (QED) is 0.747. The van der Waals surface area contributed by atoms with Crippen LogP contribution in [0.15, 0.2) is 22.8 Å². The van der Waals surface area contributed by atoms with Crippen molar-refractivity contribution in [1.29, 1.82) is 0 Å². The van der Waals surface area contributed by atoms with Gasteiger partial charge in [0.1, 0.15) is 6.10 Å². The highest BCUT2D eigenvalue weighted by atomic mass is 16.5. The van der Waals surface area contributed by atoms with Crippen molar-refractivity contribution < 1.29 is 19.1 Å². The molecule has 3 rings (SSSR count). The Labute approximate surface area is 123 Å². The summed E-state index contributed by atoms with van der Waals surface area (Å²) < 4.78 is 11.0. The first kappa shape index (κ1) is 14.6. The molecule has 2 atom stereocenters. The Kier molecular flexibility index (Phi) is 3.77. The lowest BCUT2D eigenvalue weighted by Gasteiger charge is -2.50. The van der Waals surface area contributed by atoms with Crippen LogP contribution in [0.5, 0.6) is 0 Å². The van der Waals surface area contributed by atoms with E-state index in [2.05, 4.69) is 10.6 Å². The van der Waals surface area contributed by atoms with Gasteiger partial charge in [-0.25, -0.2) is 0 Å². The van der Waals surface area contributed by atoms with Crippen LogP contribution in [0.25, 0.3) is 0 Å². The van der Waals surface area contributed by atoms with E-state index in [4.69, 9.17) is 9.15 Å². The van der Waals surface area contributed by atoms with E-state index in [0.29, 0.717) is 6.42 Å². The highest BCUT2D eigenvalue weighted by Gasteiger charge is 2.49. The van der Waals surface area contributed by atoms with Crippen LogP contribution in [-0.4, -0.2) is 48.0 Å². The predicted molar refractivity (Wildman–Crippen MR) is 76.0 cm³/mol. The Morgan fingerprint density at radius 3 is 2.90 bits per heavy atom. The average molecular weight is 294 g/mol. The third-order valence-corrected chi connectivity index (χ3v) is 4.63. The van der Waals surface area contributed by atoms with E-state index in [-0.39, 0.29) is 23.9 Å². The van der Waals surface area contributed by atoms with Crippen molar-refractivity contribution in [2.45, 2.75) is 43.4 Å². The lowest BCUT2D eigenvalue weighted by atomic mass is 9.75. The van der Waals surface area contributed by atoms with Crippen molar-refractivity contribution in [1.82, 2.24) is 10.6 Å². The normalized spacial score (nSPS) is 32.0. The third kappa shape index (κ3) is 2.84. The molecule has 0 radical (unpaired) electrons. The molecule has 116 valence electrons. The van der Waals surface area contributed by atoms with Crippen LogP contribution in [-0.2, 0) is 4.74 Å². The standard InChI is InChI=1S/C15H22N2O4/c1-14(17-13(19)11-3-2-8-20-11)10-15(21-9-12(14)18)4-6-16-7-5-15/h2-3,8,12,16,18H,4-7,9-10H2,1H3,(H,17,19)/t12-,14-/m0/s1. The highest BCUT2D eigenvalue weighted by Crippen LogP contribution is 2.38. The second-order valence-corrected chi connectivity index (χ2v) is 6.29. The molecule has 0 aromatic carbocycles. The summed E-state index contributed by atoms with van der Waals surface area (Å²) in [6.45, 7) is 3.93. The number of ether oxygens (including phenoxy) is 1. The molecule has 21 heavy (non-hydrogen) atoms. The molecule has 0 unspecified atom stereocenters. The fourth-order valence-electron chi connectivity index (χ4n) is 3.34. The molecule has 1 aromatic heterocycles. The largest absolute Gasteiger partial charge is 0.459 e. The number of piperidine rings is 1. The van der Waals surface area contributed by atoms with Gasteiger partial charge in [-0.05, 0) is 45.0 Å². The van der Waals surface area contributed by atoms with Gasteiger partial charge in [-0.2, -0.15) is 0 Å². The van der Waals surface area contributed by atoms with Gasteiger partial charge < -0.3 is 24.9 Å². The molecule has 1 amide bonds. The number of nitrogens with one attached hydrogen (secondary N) is 2. The number of rotatable bonds is 2. The van der Waals surface area contributed by atoms with Crippen LogP contribution >= 0.6 is 0 Å². The van der Waals surface area contributed by atoms with Gasteiger partial charge in [0.25, 0.3) is 5.91 Å². The summed E-state index contributed by atoms with van der Waals surface area (Å²) >= 11 is 0. The highest BCUT2D eigenvalue weighted by molar-refractivity contribution is 5.92. The van der Waals surface area contributed by atoms with E-state index < -0.39 is 11.6 Å². The molecule has 6 heteroatoms. The molecular formula is C15H22N2O4. The second kappa shape index (κ2) is 5.44. The summed E-state index contributed by atoms with van der Waals surface area (Å²) in [6.07, 6.45) is 3.14. The number of aliphatic hydroxyl groups is 1. The van der Waals surface area contributed by atoms with Crippen molar-refractivity contribution in [3.05, 3.63) is 24.2 Å². The minimum Gasteiger partial charge on any atom is -0.459 e. The van der Waals surface area contributed by atoms with Gasteiger partial charge in [0.05, 0.1) is 24.0 Å². The maximum absolute atomic E-state index is 12.2. The summed E-state index contributed by atoms with van der Waals surface area (Å²) in [5, 5.41) is 16.6. The molecule has 3 heterocycles. The second-order valence-electron chi connectivity index (χ2n) is 6.29. The fraction of sp³-hybridized carbons (Fsp3) is 0.667. The number of amides is 1. The Morgan fingerprint density at radius 1 is 1.48 bits per heavy atom. The van der Waals surface area contributed by atoms with Crippen LogP contribution < -0.4 is 10.6 Å². The smallest absolute Gasteiger partial charge is 0.287 e. The van der Waals surface area contributed by atoms with Crippen LogP contribution in [0.4, 0.5) is 0 Å². The first-order valence-electron chi connectivity index (χ1n) is 7.42. The van der Waals surface area contributed by atoms with Gasteiger partial charge >= 0.3 is 0 Å². The molecule has 6 nitrogen and oxygen atoms in total. The molecule has 2 fully saturated rings. The van der Waals surface area contributed by atoms with Gasteiger partial charge in [0.15, 0.2) is 5.76 Å². The zero-order chi connectivity index (χ0) is 14.9. The zero-order valence-electron chi connectivity index (χ0n) is 12.2. The summed E-state index contributed by atoms with van der Waals surface area (Å²) in [6, 6.07) is 3.29. The van der Waals surface area contributed by atoms with E-state index in [9.17, 15) is 9.90 Å². The van der Waals surface area contributed by atoms with E-state index in [1.54, 1.807) is 12.1 Å². The molecule has 0 aliphatic carbocycles. The average Bonchev–Trinajstić information content (AvgIpc) is 2.99. The van der Waals surface area contributed by atoms with Crippen LogP contribution in [0, 0.1) is 0 Å². The SMILES string of the molecule is C[C@]1(NC(=O)c2ccco2)CC2(CCNCC2)OC[C@@H]1O. The summed E-state index contributed by atoms with van der Waals surface area (Å²) in [4.78, 5) is 12.2. The summed E-state index contributed by atoms with van der Waals surface area (Å²) in [7, 11) is 0. The van der Waals surface area contributed by atoms with E-state index in [0.717, 1.165) is 25.9 Å². The van der Waals surface area contributed by atoms with Crippen molar-refractivity contribution >= 4 is 5.91 Å². The van der Waals surface area contributed by atoms with Crippen LogP contribution in [0.1, 0.15) is 36.7 Å². The molecule has 1 aromatic rings. The Morgan fingerprint density at radius 2 is 2.24 bits per heavy atom. The maximum atomic E-state index is 12.2. The van der Waals surface area contributed by atoms with E-state index in [1.165, 1.54) is 6.26 Å². The van der Waals surface area contributed by atoms with Crippen molar-refractivity contribution in [3.63, 3.8) is 0 Å². The number of aliphatic hydroxyl groups excluding tert-OH is 1. The molecular weight excluding hydrogens is 272 g/mol. The number of hydrogen-bond donors (Lipinski definition) is 3. The maximum Gasteiger partial charge on any atom is 0.287 e. The molecule has 2 saturated heterocycles. The Balaban J connectivity index is 1.75. The zero-order valence-corrected chi connectivity index (χ0v) is 12.2. The molecule has 2 aliphatic rings. The van der Waals surface area contributed by atoms with Crippen molar-refractivity contribution in [2.75, 3.05) is 19.7 Å². The molecule has 0 saturated carbocycles. The number of carbonyl (C=O) groups excluding carboxylic acids is 1. The first-order valence-corrected chi connectivity index (χ1v) is 7.42. The number of carbonyl (C=O) groups is 1. The summed E-state index contributed by atoms with van der Waals surface area (Å²) in [5.41, 5.74) is -0.963. The minimum atomic E-state index is -0.725. The third-order valence-electron chi connectivity index (χ3n) is 4.63. The van der Waals surface area contributed by atoms with E-state index in [1.807, 2.05) is 6.92 Å². The Bertz CT molecular complexity index is 496. The van der Waals surface area contributed by atoms with Gasteiger partial charge in [-0.3, -0.25) is 4.79 Å². The topological polar surface area (TPSA) is 83.7 Å². The molecule has 2 aliphatic heterocycles. The van der Waals surface area contributed by atoms with E-state index >= 15 is 0 Å². The summed E-state index contributed by atoms with van der Waals surface area (Å²) in [5.74, 6) is -0.0400. The predicted octanol–water partition coefficient (Wildman–Crippen LogP) is 0.671. The fourth-order valence-corrected chi connectivity index (χ4v) is 3.34. The van der Waals surface area contributed by atoms with Gasteiger partial charge in [-0.15, -0.1) is 0 Å². The molecule has 3 N–H and O–H groups in total. The van der Waals surface area contributed by atoms with Gasteiger partial charge in [-0.1, -0.05) is 0 Å².